The van der Waals surface area contributed by atoms with Crippen LogP contribution in [0.1, 0.15) is 26.7 Å². The molecule has 0 spiro atoms. The Hall–Kier alpha value is -1.11. The lowest BCUT2D eigenvalue weighted by Crippen LogP contribution is -2.36. The van der Waals surface area contributed by atoms with Gasteiger partial charge < -0.3 is 10.0 Å². The van der Waals surface area contributed by atoms with Gasteiger partial charge in [0, 0.05) is 20.5 Å². The van der Waals surface area contributed by atoms with E-state index in [2.05, 4.69) is 0 Å². The van der Waals surface area contributed by atoms with E-state index in [9.17, 15) is 18.0 Å². The van der Waals surface area contributed by atoms with Gasteiger partial charge in [-0.25, -0.2) is 8.42 Å². The number of hydrogen-bond acceptors (Lipinski definition) is 4. The minimum Gasteiger partial charge on any atom is -0.480 e. The fourth-order valence-corrected chi connectivity index (χ4v) is 3.57. The third kappa shape index (κ3) is 5.03. The zero-order chi connectivity index (χ0) is 14.5. The van der Waals surface area contributed by atoms with Gasteiger partial charge in [-0.15, -0.1) is 0 Å². The second kappa shape index (κ2) is 6.72. The van der Waals surface area contributed by atoms with Gasteiger partial charge in [-0.05, 0) is 12.3 Å². The molecule has 7 heteroatoms. The molecule has 0 aromatic carbocycles. The van der Waals surface area contributed by atoms with Gasteiger partial charge in [0.15, 0.2) is 15.1 Å². The number of rotatable bonds is 7. The fourth-order valence-electron chi connectivity index (χ4n) is 1.63. The molecule has 0 heterocycles. The lowest BCUT2D eigenvalue weighted by atomic mass is 10.1. The van der Waals surface area contributed by atoms with Crippen molar-refractivity contribution >= 4 is 21.7 Å². The summed E-state index contributed by atoms with van der Waals surface area (Å²) in [6, 6.07) is 0. The molecule has 1 N–H and O–H groups in total. The number of carbonyl (C=O) groups excluding carboxylic acids is 1. The first-order chi connectivity index (χ1) is 8.09. The minimum absolute atomic E-state index is 0.108. The zero-order valence-electron chi connectivity index (χ0n) is 11.2. The lowest BCUT2D eigenvalue weighted by molar-refractivity contribution is -0.137. The first kappa shape index (κ1) is 16.9. The van der Waals surface area contributed by atoms with Crippen molar-refractivity contribution in [1.82, 2.24) is 4.90 Å². The Morgan fingerprint density at radius 3 is 2.06 bits per heavy atom. The molecular formula is C11H21NO5S. The number of hydrogen-bond donors (Lipinski definition) is 1. The summed E-state index contributed by atoms with van der Waals surface area (Å²) in [6.45, 7) is 3.11. The van der Waals surface area contributed by atoms with Crippen LogP contribution in [0.3, 0.4) is 0 Å². The molecule has 0 aliphatic carbocycles. The van der Waals surface area contributed by atoms with E-state index < -0.39 is 27.0 Å². The number of nitrogens with zero attached hydrogens (tertiary/aromatic N) is 1. The van der Waals surface area contributed by atoms with Crippen LogP contribution in [-0.4, -0.2) is 55.4 Å². The van der Waals surface area contributed by atoms with Gasteiger partial charge in [-0.3, -0.25) is 9.59 Å². The Labute approximate surface area is 108 Å². The van der Waals surface area contributed by atoms with Crippen LogP contribution in [0.15, 0.2) is 0 Å². The molecule has 0 fully saturated rings. The topological polar surface area (TPSA) is 91.7 Å². The second-order valence-electron chi connectivity index (χ2n) is 4.76. The van der Waals surface area contributed by atoms with Crippen molar-refractivity contribution in [2.75, 3.05) is 19.8 Å². The Bertz CT molecular complexity index is 400. The minimum atomic E-state index is -3.71. The van der Waals surface area contributed by atoms with E-state index in [0.717, 1.165) is 0 Å². The monoisotopic (exact) mass is 279 g/mol. The quantitative estimate of drug-likeness (QED) is 0.727. The molecule has 0 bridgehead atoms. The molecule has 1 atom stereocenters. The van der Waals surface area contributed by atoms with Crippen LogP contribution in [0.25, 0.3) is 0 Å². The smallest absolute Gasteiger partial charge is 0.322 e. The van der Waals surface area contributed by atoms with Crippen LogP contribution in [0.4, 0.5) is 0 Å². The van der Waals surface area contributed by atoms with E-state index in [1.807, 2.05) is 0 Å². The van der Waals surface area contributed by atoms with E-state index >= 15 is 0 Å². The molecule has 0 saturated heterocycles. The maximum absolute atomic E-state index is 11.9. The number of carboxylic acids is 1. The van der Waals surface area contributed by atoms with Crippen molar-refractivity contribution in [3.05, 3.63) is 0 Å². The molecule has 0 aliphatic heterocycles. The molecule has 1 amide bonds. The molecule has 6 nitrogen and oxygen atoms in total. The summed E-state index contributed by atoms with van der Waals surface area (Å²) in [4.78, 5) is 23.6. The van der Waals surface area contributed by atoms with Crippen molar-refractivity contribution in [3.8, 4) is 0 Å². The van der Waals surface area contributed by atoms with Crippen molar-refractivity contribution in [1.29, 1.82) is 0 Å². The van der Waals surface area contributed by atoms with Gasteiger partial charge >= 0.3 is 5.97 Å². The van der Waals surface area contributed by atoms with Gasteiger partial charge in [0.05, 0.1) is 5.75 Å². The normalized spacial score (nSPS) is 13.4. The molecule has 1 unspecified atom stereocenters. The van der Waals surface area contributed by atoms with E-state index in [4.69, 9.17) is 5.11 Å². The van der Waals surface area contributed by atoms with Gasteiger partial charge in [0.25, 0.3) is 0 Å². The lowest BCUT2D eigenvalue weighted by Gasteiger charge is -2.17. The first-order valence-corrected chi connectivity index (χ1v) is 7.45. The highest BCUT2D eigenvalue weighted by molar-refractivity contribution is 7.92. The molecule has 0 radical (unpaired) electrons. The van der Waals surface area contributed by atoms with Crippen molar-refractivity contribution < 1.29 is 23.1 Å². The zero-order valence-corrected chi connectivity index (χ0v) is 12.0. The summed E-state index contributed by atoms with van der Waals surface area (Å²) >= 11 is 0. The van der Waals surface area contributed by atoms with Crippen LogP contribution in [0, 0.1) is 5.92 Å². The number of carbonyl (C=O) groups is 2. The summed E-state index contributed by atoms with van der Waals surface area (Å²) < 4.78 is 23.7. The fraction of sp³-hybridized carbons (Fsp3) is 0.818. The number of carboxylic acid groups (broad SMARTS) is 1. The average Bonchev–Trinajstić information content (AvgIpc) is 2.14. The maximum atomic E-state index is 11.9. The Morgan fingerprint density at radius 2 is 1.72 bits per heavy atom. The molecule has 106 valence electrons. The first-order valence-electron chi connectivity index (χ1n) is 5.74. The van der Waals surface area contributed by atoms with E-state index in [1.54, 1.807) is 27.9 Å². The van der Waals surface area contributed by atoms with Gasteiger partial charge in [0.2, 0.25) is 5.91 Å². The Morgan fingerprint density at radius 1 is 1.22 bits per heavy atom. The second-order valence-corrected chi connectivity index (χ2v) is 7.00. The maximum Gasteiger partial charge on any atom is 0.322 e. The third-order valence-electron chi connectivity index (χ3n) is 2.55. The Kier molecular flexibility index (Phi) is 6.31. The van der Waals surface area contributed by atoms with E-state index in [-0.39, 0.29) is 24.5 Å². The predicted molar refractivity (Wildman–Crippen MR) is 68.0 cm³/mol. The van der Waals surface area contributed by atoms with Gasteiger partial charge in [0.1, 0.15) is 0 Å². The highest BCUT2D eigenvalue weighted by Gasteiger charge is 2.34. The SMILES string of the molecule is CC(C)C(C(=O)O)S(=O)(=O)CCCC(=O)N(C)C. The highest BCUT2D eigenvalue weighted by Crippen LogP contribution is 2.15. The molecule has 0 aromatic heterocycles. The van der Waals surface area contributed by atoms with Crippen molar-refractivity contribution in [3.63, 3.8) is 0 Å². The van der Waals surface area contributed by atoms with Crippen LogP contribution in [0.5, 0.6) is 0 Å². The van der Waals surface area contributed by atoms with E-state index in [1.165, 1.54) is 4.90 Å². The van der Waals surface area contributed by atoms with Crippen LogP contribution in [0.2, 0.25) is 0 Å². The summed E-state index contributed by atoms with van der Waals surface area (Å²) in [5.41, 5.74) is 0. The van der Waals surface area contributed by atoms with Gasteiger partial charge in [-0.1, -0.05) is 13.8 Å². The van der Waals surface area contributed by atoms with Crippen molar-refractivity contribution in [2.24, 2.45) is 5.92 Å². The molecular weight excluding hydrogens is 258 g/mol. The average molecular weight is 279 g/mol. The third-order valence-corrected chi connectivity index (χ3v) is 4.93. The summed E-state index contributed by atoms with van der Waals surface area (Å²) in [5, 5.41) is 7.53. The van der Waals surface area contributed by atoms with Crippen LogP contribution >= 0.6 is 0 Å². The summed E-state index contributed by atoms with van der Waals surface area (Å²) in [5.74, 6) is -2.26. The standard InChI is InChI=1S/C11H21NO5S/c1-8(2)10(11(14)15)18(16,17)7-5-6-9(13)12(3)4/h8,10H,5-7H2,1-4H3,(H,14,15). The molecule has 18 heavy (non-hydrogen) atoms. The predicted octanol–water partition coefficient (Wildman–Crippen LogP) is 0.379. The summed E-state index contributed by atoms with van der Waals surface area (Å²) in [7, 11) is -0.536. The van der Waals surface area contributed by atoms with Crippen molar-refractivity contribution in [2.45, 2.75) is 31.9 Å². The molecule has 0 saturated carbocycles. The molecule has 0 aliphatic rings. The Balaban J connectivity index is 4.57. The van der Waals surface area contributed by atoms with Crippen LogP contribution < -0.4 is 0 Å². The largest absolute Gasteiger partial charge is 0.480 e. The number of sulfone groups is 1. The summed E-state index contributed by atoms with van der Waals surface area (Å²) in [6.07, 6.45) is 0.256. The molecule has 0 rings (SSSR count). The van der Waals surface area contributed by atoms with Gasteiger partial charge in [-0.2, -0.15) is 0 Å². The molecule has 0 aromatic rings. The highest BCUT2D eigenvalue weighted by atomic mass is 32.2. The van der Waals surface area contributed by atoms with E-state index in [0.29, 0.717) is 0 Å². The van der Waals surface area contributed by atoms with Crippen LogP contribution in [-0.2, 0) is 19.4 Å². The number of aliphatic carboxylic acids is 1. The number of amides is 1.